The van der Waals surface area contributed by atoms with E-state index in [0.717, 1.165) is 0 Å². The first kappa shape index (κ1) is 14.6. The molecule has 0 aromatic heterocycles. The molecule has 1 aliphatic carbocycles. The molecule has 8 heteroatoms. The van der Waals surface area contributed by atoms with Gasteiger partial charge in [0.2, 0.25) is 10.0 Å². The van der Waals surface area contributed by atoms with Crippen LogP contribution in [0.5, 0.6) is 11.5 Å². The molecule has 4 N–H and O–H groups in total. The molecule has 1 saturated carbocycles. The first-order chi connectivity index (χ1) is 9.29. The molecule has 0 heterocycles. The van der Waals surface area contributed by atoms with E-state index in [9.17, 15) is 23.4 Å². The highest BCUT2D eigenvalue weighted by molar-refractivity contribution is 7.90. The molecule has 0 radical (unpaired) electrons. The minimum absolute atomic E-state index is 0.116. The zero-order valence-corrected chi connectivity index (χ0v) is 11.3. The van der Waals surface area contributed by atoms with Gasteiger partial charge in [0.15, 0.2) is 11.5 Å². The van der Waals surface area contributed by atoms with Crippen molar-refractivity contribution in [3.63, 3.8) is 0 Å². The summed E-state index contributed by atoms with van der Waals surface area (Å²) in [5.41, 5.74) is 0.409. The molecule has 1 aliphatic rings. The van der Waals surface area contributed by atoms with Gasteiger partial charge in [-0.05, 0) is 37.0 Å². The SMILES string of the molecule is O=C(O)[C@H](Cc1ccc(O)c(O)c1)NS(=O)(=O)C1CC1. The van der Waals surface area contributed by atoms with E-state index in [1.165, 1.54) is 18.2 Å². The molecule has 110 valence electrons. The molecule has 0 unspecified atom stereocenters. The van der Waals surface area contributed by atoms with Crippen molar-refractivity contribution in [1.29, 1.82) is 0 Å². The summed E-state index contributed by atoms with van der Waals surface area (Å²) in [7, 11) is -3.61. The van der Waals surface area contributed by atoms with Gasteiger partial charge in [-0.2, -0.15) is 0 Å². The number of aromatic hydroxyl groups is 2. The molecule has 0 amide bonds. The Morgan fingerprint density at radius 3 is 2.45 bits per heavy atom. The quantitative estimate of drug-likeness (QED) is 0.555. The third kappa shape index (κ3) is 3.40. The molecule has 20 heavy (non-hydrogen) atoms. The van der Waals surface area contributed by atoms with Crippen LogP contribution in [0.4, 0.5) is 0 Å². The smallest absolute Gasteiger partial charge is 0.322 e. The Morgan fingerprint density at radius 2 is 1.95 bits per heavy atom. The van der Waals surface area contributed by atoms with Crippen LogP contribution in [-0.4, -0.2) is 41.0 Å². The number of benzene rings is 1. The third-order valence-electron chi connectivity index (χ3n) is 3.05. The Labute approximate surface area is 115 Å². The van der Waals surface area contributed by atoms with Crippen LogP contribution in [0.3, 0.4) is 0 Å². The van der Waals surface area contributed by atoms with E-state index in [0.29, 0.717) is 18.4 Å². The number of nitrogens with one attached hydrogen (secondary N) is 1. The van der Waals surface area contributed by atoms with Crippen LogP contribution in [0.25, 0.3) is 0 Å². The highest BCUT2D eigenvalue weighted by Gasteiger charge is 2.38. The van der Waals surface area contributed by atoms with Crippen molar-refractivity contribution in [2.75, 3.05) is 0 Å². The standard InChI is InChI=1S/C12H15NO6S/c14-10-4-1-7(6-11(10)15)5-9(12(16)17)13-20(18,19)8-2-3-8/h1,4,6,8-9,13-15H,2-3,5H2,(H,16,17)/t9-/m0/s1. The third-order valence-corrected chi connectivity index (χ3v) is 5.01. The lowest BCUT2D eigenvalue weighted by atomic mass is 10.1. The average Bonchev–Trinajstić information content (AvgIpc) is 3.17. The van der Waals surface area contributed by atoms with Crippen molar-refractivity contribution in [2.24, 2.45) is 0 Å². The number of rotatable bonds is 6. The molecule has 0 saturated heterocycles. The lowest BCUT2D eigenvalue weighted by Crippen LogP contribution is -2.43. The largest absolute Gasteiger partial charge is 0.504 e. The van der Waals surface area contributed by atoms with E-state index in [2.05, 4.69) is 4.72 Å². The van der Waals surface area contributed by atoms with Crippen molar-refractivity contribution >= 4 is 16.0 Å². The first-order valence-electron chi connectivity index (χ1n) is 6.04. The summed E-state index contributed by atoms with van der Waals surface area (Å²) in [6, 6.07) is 2.55. The van der Waals surface area contributed by atoms with Crippen molar-refractivity contribution < 1.29 is 28.5 Å². The van der Waals surface area contributed by atoms with E-state index in [1.54, 1.807) is 0 Å². The number of aliphatic carboxylic acids is 1. The normalized spacial score (nSPS) is 16.8. The minimum Gasteiger partial charge on any atom is -0.504 e. The maximum atomic E-state index is 11.8. The number of carboxylic acids is 1. The number of hydrogen-bond acceptors (Lipinski definition) is 5. The van der Waals surface area contributed by atoms with Gasteiger partial charge in [0, 0.05) is 0 Å². The Morgan fingerprint density at radius 1 is 1.30 bits per heavy atom. The molecular weight excluding hydrogens is 286 g/mol. The Bertz CT molecular complexity index is 623. The van der Waals surface area contributed by atoms with Gasteiger partial charge >= 0.3 is 5.97 Å². The van der Waals surface area contributed by atoms with Gasteiger partial charge in [-0.15, -0.1) is 0 Å². The number of carboxylic acid groups (broad SMARTS) is 1. The van der Waals surface area contributed by atoms with Crippen molar-refractivity contribution in [1.82, 2.24) is 4.72 Å². The van der Waals surface area contributed by atoms with Crippen LogP contribution in [0.15, 0.2) is 18.2 Å². The van der Waals surface area contributed by atoms with Gasteiger partial charge < -0.3 is 15.3 Å². The number of hydrogen-bond donors (Lipinski definition) is 4. The van der Waals surface area contributed by atoms with Crippen LogP contribution in [-0.2, 0) is 21.2 Å². The zero-order valence-electron chi connectivity index (χ0n) is 10.5. The summed E-state index contributed by atoms with van der Waals surface area (Å²) >= 11 is 0. The topological polar surface area (TPSA) is 124 Å². The van der Waals surface area contributed by atoms with E-state index in [1.807, 2.05) is 0 Å². The summed E-state index contributed by atoms with van der Waals surface area (Å²) < 4.78 is 25.7. The molecule has 7 nitrogen and oxygen atoms in total. The summed E-state index contributed by atoms with van der Waals surface area (Å²) in [6.45, 7) is 0. The Hall–Kier alpha value is -1.80. The minimum atomic E-state index is -3.61. The maximum Gasteiger partial charge on any atom is 0.322 e. The molecule has 1 aromatic rings. The number of phenols is 2. The van der Waals surface area contributed by atoms with Crippen LogP contribution in [0, 0.1) is 0 Å². The summed E-state index contributed by atoms with van der Waals surface area (Å²) in [4.78, 5) is 11.1. The van der Waals surface area contributed by atoms with E-state index < -0.39 is 27.3 Å². The molecule has 0 bridgehead atoms. The molecule has 0 spiro atoms. The maximum absolute atomic E-state index is 11.8. The van der Waals surface area contributed by atoms with Crippen LogP contribution >= 0.6 is 0 Å². The van der Waals surface area contributed by atoms with Crippen molar-refractivity contribution in [3.8, 4) is 11.5 Å². The van der Waals surface area contributed by atoms with Gasteiger partial charge in [-0.3, -0.25) is 4.79 Å². The molecule has 2 rings (SSSR count). The van der Waals surface area contributed by atoms with Gasteiger partial charge in [-0.1, -0.05) is 6.07 Å². The highest BCUT2D eigenvalue weighted by atomic mass is 32.2. The van der Waals surface area contributed by atoms with Crippen LogP contribution in [0.2, 0.25) is 0 Å². The number of phenolic OH excluding ortho intramolecular Hbond substituents is 2. The van der Waals surface area contributed by atoms with Crippen LogP contribution in [0.1, 0.15) is 18.4 Å². The predicted octanol–water partition coefficient (Wildman–Crippen LogP) is 0.175. The molecule has 1 atom stereocenters. The Balaban J connectivity index is 2.13. The fourth-order valence-electron chi connectivity index (χ4n) is 1.78. The van der Waals surface area contributed by atoms with Crippen molar-refractivity contribution in [2.45, 2.75) is 30.6 Å². The van der Waals surface area contributed by atoms with Gasteiger partial charge in [0.1, 0.15) is 6.04 Å². The van der Waals surface area contributed by atoms with Gasteiger partial charge in [-0.25, -0.2) is 13.1 Å². The van der Waals surface area contributed by atoms with Gasteiger partial charge in [0.05, 0.1) is 5.25 Å². The number of carbonyl (C=O) groups is 1. The van der Waals surface area contributed by atoms with E-state index >= 15 is 0 Å². The monoisotopic (exact) mass is 301 g/mol. The molecule has 1 aromatic carbocycles. The summed E-state index contributed by atoms with van der Waals surface area (Å²) in [5.74, 6) is -1.99. The van der Waals surface area contributed by atoms with Crippen LogP contribution < -0.4 is 4.72 Å². The Kier molecular flexibility index (Phi) is 3.87. The number of sulfonamides is 1. The molecular formula is C12H15NO6S. The van der Waals surface area contributed by atoms with E-state index in [-0.39, 0.29) is 17.9 Å². The summed E-state index contributed by atoms with van der Waals surface area (Å²) in [5, 5.41) is 27.1. The van der Waals surface area contributed by atoms with E-state index in [4.69, 9.17) is 5.11 Å². The molecule has 1 fully saturated rings. The van der Waals surface area contributed by atoms with Crippen molar-refractivity contribution in [3.05, 3.63) is 23.8 Å². The second-order valence-corrected chi connectivity index (χ2v) is 6.77. The van der Waals surface area contributed by atoms with Gasteiger partial charge in [0.25, 0.3) is 0 Å². The fraction of sp³-hybridized carbons (Fsp3) is 0.417. The predicted molar refractivity (Wildman–Crippen MR) is 70.0 cm³/mol. The second kappa shape index (κ2) is 5.29. The fourth-order valence-corrected chi connectivity index (χ4v) is 3.31. The average molecular weight is 301 g/mol. The lowest BCUT2D eigenvalue weighted by molar-refractivity contribution is -0.138. The zero-order chi connectivity index (χ0) is 14.9. The second-order valence-electron chi connectivity index (χ2n) is 4.78. The summed E-state index contributed by atoms with van der Waals surface area (Å²) in [6.07, 6.45) is 0.971. The highest BCUT2D eigenvalue weighted by Crippen LogP contribution is 2.28. The lowest BCUT2D eigenvalue weighted by Gasteiger charge is -2.15. The molecule has 0 aliphatic heterocycles. The first-order valence-corrected chi connectivity index (χ1v) is 7.59.